The lowest BCUT2D eigenvalue weighted by Gasteiger charge is -2.09. The summed E-state index contributed by atoms with van der Waals surface area (Å²) in [4.78, 5) is 0. The van der Waals surface area contributed by atoms with Crippen LogP contribution in [-0.2, 0) is 13.0 Å². The summed E-state index contributed by atoms with van der Waals surface area (Å²) in [7, 11) is 3.44. The Bertz CT molecular complexity index is 897. The molecule has 0 unspecified atom stereocenters. The molecule has 0 radical (unpaired) electrons. The molecule has 2 heterocycles. The second-order valence-electron chi connectivity index (χ2n) is 6.67. The molecular formula is C22H25N2O2+. The van der Waals surface area contributed by atoms with Crippen molar-refractivity contribution in [2.24, 2.45) is 0 Å². The highest BCUT2D eigenvalue weighted by Crippen LogP contribution is 2.31. The van der Waals surface area contributed by atoms with E-state index in [1.165, 1.54) is 36.3 Å². The highest BCUT2D eigenvalue weighted by Gasteiger charge is 2.28. The van der Waals surface area contributed by atoms with Gasteiger partial charge in [-0.15, -0.1) is 0 Å². The van der Waals surface area contributed by atoms with E-state index in [4.69, 9.17) is 9.47 Å². The number of aryl methyl sites for hydroxylation is 1. The molecule has 0 N–H and O–H groups in total. The average Bonchev–Trinajstić information content (AvgIpc) is 2.90. The first kappa shape index (κ1) is 16.7. The number of methoxy groups -OCH3 is 2. The van der Waals surface area contributed by atoms with Crippen molar-refractivity contribution in [3.8, 4) is 28.4 Å². The molecule has 1 aliphatic rings. The lowest BCUT2D eigenvalue weighted by Crippen LogP contribution is -2.35. The Hall–Kier alpha value is -2.75. The van der Waals surface area contributed by atoms with E-state index >= 15 is 0 Å². The lowest BCUT2D eigenvalue weighted by atomic mass is 10.1. The molecular weight excluding hydrogens is 324 g/mol. The van der Waals surface area contributed by atoms with Gasteiger partial charge in [0.2, 0.25) is 0 Å². The number of fused-ring (bicyclic) bond motifs is 1. The number of nitrogens with zero attached hydrogens (tertiary/aromatic N) is 2. The SMILES string of the molecule is COc1ccc(-c2c[n+]3c(n2-c2ccccc2OC)CCCCC3)cc1. The molecule has 1 aliphatic heterocycles. The van der Waals surface area contributed by atoms with E-state index in [-0.39, 0.29) is 0 Å². The minimum Gasteiger partial charge on any atom is -0.497 e. The molecule has 0 bridgehead atoms. The molecule has 4 heteroatoms. The van der Waals surface area contributed by atoms with Gasteiger partial charge in [0.25, 0.3) is 5.82 Å². The van der Waals surface area contributed by atoms with E-state index in [0.717, 1.165) is 30.2 Å². The number of imidazole rings is 1. The van der Waals surface area contributed by atoms with Crippen molar-refractivity contribution < 1.29 is 14.0 Å². The van der Waals surface area contributed by atoms with Crippen LogP contribution in [0.3, 0.4) is 0 Å². The van der Waals surface area contributed by atoms with Crippen molar-refractivity contribution in [1.29, 1.82) is 0 Å². The first-order valence-electron chi connectivity index (χ1n) is 9.23. The van der Waals surface area contributed by atoms with Crippen LogP contribution in [-0.4, -0.2) is 18.8 Å². The van der Waals surface area contributed by atoms with Crippen molar-refractivity contribution in [3.05, 3.63) is 60.6 Å². The quantitative estimate of drug-likeness (QED) is 0.661. The zero-order chi connectivity index (χ0) is 17.9. The molecule has 26 heavy (non-hydrogen) atoms. The molecule has 0 atom stereocenters. The minimum atomic E-state index is 0.873. The fraction of sp³-hybridized carbons (Fsp3) is 0.318. The van der Waals surface area contributed by atoms with Crippen LogP contribution in [0.5, 0.6) is 11.5 Å². The lowest BCUT2D eigenvalue weighted by molar-refractivity contribution is -0.702. The van der Waals surface area contributed by atoms with Crippen LogP contribution >= 0.6 is 0 Å². The van der Waals surface area contributed by atoms with Crippen molar-refractivity contribution in [2.45, 2.75) is 32.2 Å². The summed E-state index contributed by atoms with van der Waals surface area (Å²) in [5, 5.41) is 0. The zero-order valence-electron chi connectivity index (χ0n) is 15.4. The maximum absolute atomic E-state index is 5.67. The number of rotatable bonds is 4. The normalized spacial score (nSPS) is 13.8. The van der Waals surface area contributed by atoms with Crippen molar-refractivity contribution >= 4 is 0 Å². The summed E-state index contributed by atoms with van der Waals surface area (Å²) < 4.78 is 15.8. The van der Waals surface area contributed by atoms with E-state index in [1.54, 1.807) is 14.2 Å². The molecule has 2 aromatic carbocycles. The molecule has 0 amide bonds. The fourth-order valence-corrected chi connectivity index (χ4v) is 3.79. The van der Waals surface area contributed by atoms with Crippen LogP contribution in [0.25, 0.3) is 16.9 Å². The van der Waals surface area contributed by atoms with Gasteiger partial charge in [0, 0.05) is 12.0 Å². The van der Waals surface area contributed by atoms with E-state index in [2.05, 4.69) is 39.6 Å². The van der Waals surface area contributed by atoms with Crippen LogP contribution in [0, 0.1) is 0 Å². The molecule has 0 saturated carbocycles. The molecule has 0 saturated heterocycles. The molecule has 3 aromatic rings. The van der Waals surface area contributed by atoms with Gasteiger partial charge in [-0.3, -0.25) is 0 Å². The summed E-state index contributed by atoms with van der Waals surface area (Å²) in [5.74, 6) is 3.11. The van der Waals surface area contributed by atoms with Crippen LogP contribution < -0.4 is 14.0 Å². The number of hydrogen-bond donors (Lipinski definition) is 0. The van der Waals surface area contributed by atoms with Gasteiger partial charge in [-0.2, -0.15) is 4.57 Å². The largest absolute Gasteiger partial charge is 0.497 e. The molecule has 0 spiro atoms. The second-order valence-corrected chi connectivity index (χ2v) is 6.67. The van der Waals surface area contributed by atoms with E-state index < -0.39 is 0 Å². The monoisotopic (exact) mass is 349 g/mol. The summed E-state index contributed by atoms with van der Waals surface area (Å²) in [6.07, 6.45) is 7.10. The number of para-hydroxylation sites is 2. The predicted molar refractivity (Wildman–Crippen MR) is 102 cm³/mol. The summed E-state index contributed by atoms with van der Waals surface area (Å²) in [6, 6.07) is 16.5. The number of benzene rings is 2. The molecule has 134 valence electrons. The second kappa shape index (κ2) is 7.24. The first-order chi connectivity index (χ1) is 12.8. The first-order valence-corrected chi connectivity index (χ1v) is 9.23. The standard InChI is InChI=1S/C22H25N2O2/c1-25-18-13-11-17(12-14-18)20-16-23-15-7-3-4-10-22(23)24(20)19-8-5-6-9-21(19)26-2/h5-6,8-9,11-14,16H,3-4,7,10,15H2,1-2H3/q+1. The van der Waals surface area contributed by atoms with Gasteiger partial charge >= 0.3 is 0 Å². The third kappa shape index (κ3) is 2.96. The fourth-order valence-electron chi connectivity index (χ4n) is 3.79. The Morgan fingerprint density at radius 1 is 0.885 bits per heavy atom. The number of hydrogen-bond acceptors (Lipinski definition) is 2. The number of ether oxygens (including phenoxy) is 2. The number of aromatic nitrogens is 2. The van der Waals surface area contributed by atoms with Gasteiger partial charge in [-0.05, 0) is 55.7 Å². The van der Waals surface area contributed by atoms with Crippen LogP contribution in [0.1, 0.15) is 25.1 Å². The van der Waals surface area contributed by atoms with Gasteiger partial charge in [-0.1, -0.05) is 12.1 Å². The Morgan fingerprint density at radius 3 is 2.46 bits per heavy atom. The highest BCUT2D eigenvalue weighted by atomic mass is 16.5. The summed E-state index contributed by atoms with van der Waals surface area (Å²) >= 11 is 0. The summed E-state index contributed by atoms with van der Waals surface area (Å²) in [5.41, 5.74) is 3.46. The van der Waals surface area contributed by atoms with Gasteiger partial charge in [0.15, 0.2) is 17.1 Å². The Morgan fingerprint density at radius 2 is 1.69 bits per heavy atom. The third-order valence-electron chi connectivity index (χ3n) is 5.12. The Kier molecular flexibility index (Phi) is 4.65. The van der Waals surface area contributed by atoms with Crippen molar-refractivity contribution in [1.82, 2.24) is 4.57 Å². The predicted octanol–water partition coefficient (Wildman–Crippen LogP) is 4.18. The van der Waals surface area contributed by atoms with Crippen molar-refractivity contribution in [2.75, 3.05) is 14.2 Å². The third-order valence-corrected chi connectivity index (χ3v) is 5.12. The maximum Gasteiger partial charge on any atom is 0.262 e. The maximum atomic E-state index is 5.67. The molecule has 4 nitrogen and oxygen atoms in total. The Labute approximate surface area is 154 Å². The van der Waals surface area contributed by atoms with Gasteiger partial charge in [0.05, 0.1) is 20.8 Å². The van der Waals surface area contributed by atoms with Gasteiger partial charge in [-0.25, -0.2) is 4.57 Å². The summed E-state index contributed by atoms with van der Waals surface area (Å²) in [6.45, 7) is 1.07. The van der Waals surface area contributed by atoms with Gasteiger partial charge in [0.1, 0.15) is 11.9 Å². The average molecular weight is 349 g/mol. The van der Waals surface area contributed by atoms with Gasteiger partial charge < -0.3 is 9.47 Å². The molecule has 0 fully saturated rings. The topological polar surface area (TPSA) is 27.3 Å². The highest BCUT2D eigenvalue weighted by molar-refractivity contribution is 5.64. The smallest absolute Gasteiger partial charge is 0.262 e. The molecule has 1 aromatic heterocycles. The van der Waals surface area contributed by atoms with Crippen LogP contribution in [0.15, 0.2) is 54.7 Å². The van der Waals surface area contributed by atoms with Crippen LogP contribution in [0.4, 0.5) is 0 Å². The van der Waals surface area contributed by atoms with E-state index in [9.17, 15) is 0 Å². The molecule has 4 rings (SSSR count). The van der Waals surface area contributed by atoms with Crippen molar-refractivity contribution in [3.63, 3.8) is 0 Å². The van der Waals surface area contributed by atoms with Crippen LogP contribution in [0.2, 0.25) is 0 Å². The minimum absolute atomic E-state index is 0.873. The Balaban J connectivity index is 1.93. The van der Waals surface area contributed by atoms with E-state index in [0.29, 0.717) is 0 Å². The van der Waals surface area contributed by atoms with E-state index in [1.807, 2.05) is 24.3 Å². The molecule has 0 aliphatic carbocycles. The zero-order valence-corrected chi connectivity index (χ0v) is 15.4.